The molecule has 0 bridgehead atoms. The average Bonchev–Trinajstić information content (AvgIpc) is 2.49. The van der Waals surface area contributed by atoms with Crippen LogP contribution < -0.4 is 5.32 Å². The maximum atomic E-state index is 12.4. The van der Waals surface area contributed by atoms with Crippen LogP contribution in [-0.4, -0.2) is 49.1 Å². The quantitative estimate of drug-likeness (QED) is 0.803. The molecule has 2 aromatic rings. The Morgan fingerprint density at radius 1 is 1.09 bits per heavy atom. The summed E-state index contributed by atoms with van der Waals surface area (Å²) in [5, 5.41) is 13.4. The van der Waals surface area contributed by atoms with Gasteiger partial charge >= 0.3 is 5.97 Å². The number of fused-ring (bicyclic) bond motifs is 1. The predicted octanol–water partition coefficient (Wildman–Crippen LogP) is 2.22. The summed E-state index contributed by atoms with van der Waals surface area (Å²) < 4.78 is 0. The number of amides is 1. The highest BCUT2D eigenvalue weighted by Crippen LogP contribution is 2.23. The Morgan fingerprint density at radius 3 is 2.32 bits per heavy atom. The summed E-state index contributed by atoms with van der Waals surface area (Å²) in [6.07, 6.45) is 0.843. The van der Waals surface area contributed by atoms with Crippen LogP contribution in [0.5, 0.6) is 0 Å². The molecule has 0 atom stereocenters. The number of carbonyl (C=O) groups is 2. The second kappa shape index (κ2) is 7.04. The Balaban J connectivity index is 2.27. The monoisotopic (exact) mass is 300 g/mol. The van der Waals surface area contributed by atoms with Crippen molar-refractivity contribution in [3.8, 4) is 0 Å². The summed E-state index contributed by atoms with van der Waals surface area (Å²) in [7, 11) is 3.96. The van der Waals surface area contributed by atoms with Crippen LogP contribution >= 0.6 is 0 Å². The van der Waals surface area contributed by atoms with Crippen molar-refractivity contribution in [2.24, 2.45) is 0 Å². The van der Waals surface area contributed by atoms with Crippen LogP contribution in [0.3, 0.4) is 0 Å². The van der Waals surface area contributed by atoms with Crippen LogP contribution in [0.25, 0.3) is 10.8 Å². The van der Waals surface area contributed by atoms with Gasteiger partial charge in [0.2, 0.25) is 0 Å². The van der Waals surface area contributed by atoms with Crippen molar-refractivity contribution in [3.63, 3.8) is 0 Å². The van der Waals surface area contributed by atoms with Gasteiger partial charge < -0.3 is 15.3 Å². The van der Waals surface area contributed by atoms with Gasteiger partial charge in [-0.25, -0.2) is 4.79 Å². The molecule has 2 N–H and O–H groups in total. The molecular weight excluding hydrogens is 280 g/mol. The van der Waals surface area contributed by atoms with Crippen molar-refractivity contribution >= 4 is 22.6 Å². The van der Waals surface area contributed by atoms with Crippen molar-refractivity contribution in [2.45, 2.75) is 6.42 Å². The lowest BCUT2D eigenvalue weighted by atomic mass is 9.98. The second-order valence-electron chi connectivity index (χ2n) is 5.43. The Bertz CT molecular complexity index is 690. The van der Waals surface area contributed by atoms with Gasteiger partial charge in [0.05, 0.1) is 5.56 Å². The number of carbonyl (C=O) groups excluding carboxylic acids is 1. The summed E-state index contributed by atoms with van der Waals surface area (Å²) in [6.45, 7) is 1.44. The van der Waals surface area contributed by atoms with E-state index in [-0.39, 0.29) is 11.5 Å². The lowest BCUT2D eigenvalue weighted by molar-refractivity contribution is 0.0699. The van der Waals surface area contributed by atoms with Crippen LogP contribution in [0.15, 0.2) is 36.4 Å². The van der Waals surface area contributed by atoms with E-state index in [1.165, 1.54) is 6.07 Å². The lowest BCUT2D eigenvalue weighted by Gasteiger charge is -2.12. The van der Waals surface area contributed by atoms with E-state index in [4.69, 9.17) is 0 Å². The Morgan fingerprint density at radius 2 is 1.73 bits per heavy atom. The molecule has 0 aliphatic carbocycles. The highest BCUT2D eigenvalue weighted by atomic mass is 16.4. The molecule has 0 aliphatic rings. The number of aromatic carboxylic acids is 1. The average molecular weight is 300 g/mol. The van der Waals surface area contributed by atoms with Crippen molar-refractivity contribution in [2.75, 3.05) is 27.2 Å². The first kappa shape index (κ1) is 16.0. The SMILES string of the molecule is CN(C)CCCNC(=O)c1cccc2cccc(C(=O)O)c12. The first-order valence-corrected chi connectivity index (χ1v) is 7.18. The zero-order valence-corrected chi connectivity index (χ0v) is 12.8. The number of rotatable bonds is 6. The molecule has 0 aliphatic heterocycles. The van der Waals surface area contributed by atoms with Crippen LogP contribution in [0.1, 0.15) is 27.1 Å². The summed E-state index contributed by atoms with van der Waals surface area (Å²) in [4.78, 5) is 25.8. The molecule has 0 heterocycles. The lowest BCUT2D eigenvalue weighted by Crippen LogP contribution is -2.27. The maximum absolute atomic E-state index is 12.4. The number of hydrogen-bond acceptors (Lipinski definition) is 3. The van der Waals surface area contributed by atoms with E-state index in [0.717, 1.165) is 18.4 Å². The fourth-order valence-corrected chi connectivity index (χ4v) is 2.40. The van der Waals surface area contributed by atoms with E-state index in [2.05, 4.69) is 5.32 Å². The number of nitrogens with one attached hydrogen (secondary N) is 1. The minimum absolute atomic E-state index is 0.150. The number of carboxylic acid groups (broad SMARTS) is 1. The van der Waals surface area contributed by atoms with Gasteiger partial charge in [0.1, 0.15) is 0 Å². The Hall–Kier alpha value is -2.40. The first-order valence-electron chi connectivity index (χ1n) is 7.18. The molecule has 5 nitrogen and oxygen atoms in total. The van der Waals surface area contributed by atoms with Gasteiger partial charge in [-0.2, -0.15) is 0 Å². The fourth-order valence-electron chi connectivity index (χ4n) is 2.40. The molecule has 0 saturated carbocycles. The molecule has 2 rings (SSSR count). The van der Waals surface area contributed by atoms with Crippen molar-refractivity contribution < 1.29 is 14.7 Å². The first-order chi connectivity index (χ1) is 10.5. The molecule has 5 heteroatoms. The highest BCUT2D eigenvalue weighted by molar-refractivity contribution is 6.14. The largest absolute Gasteiger partial charge is 0.478 e. The van der Waals surface area contributed by atoms with Gasteiger partial charge in [0.15, 0.2) is 0 Å². The summed E-state index contributed by atoms with van der Waals surface area (Å²) in [5.74, 6) is -1.27. The van der Waals surface area contributed by atoms with E-state index >= 15 is 0 Å². The molecule has 0 saturated heterocycles. The normalized spacial score (nSPS) is 10.9. The van der Waals surface area contributed by atoms with E-state index in [9.17, 15) is 14.7 Å². The Kier molecular flexibility index (Phi) is 5.12. The molecule has 22 heavy (non-hydrogen) atoms. The minimum atomic E-state index is -1.03. The van der Waals surface area contributed by atoms with E-state index < -0.39 is 5.97 Å². The molecule has 0 radical (unpaired) electrons. The molecular formula is C17H20N2O3. The van der Waals surface area contributed by atoms with Gasteiger partial charge in [0.25, 0.3) is 5.91 Å². The van der Waals surface area contributed by atoms with Crippen molar-refractivity contribution in [1.82, 2.24) is 10.2 Å². The molecule has 0 unspecified atom stereocenters. The predicted molar refractivity (Wildman–Crippen MR) is 86.4 cm³/mol. The van der Waals surface area contributed by atoms with E-state index in [0.29, 0.717) is 17.5 Å². The van der Waals surface area contributed by atoms with E-state index in [1.807, 2.05) is 31.1 Å². The smallest absolute Gasteiger partial charge is 0.336 e. The molecule has 0 aromatic heterocycles. The van der Waals surface area contributed by atoms with Crippen LogP contribution in [-0.2, 0) is 0 Å². The fraction of sp³-hybridized carbons (Fsp3) is 0.294. The standard InChI is InChI=1S/C17H20N2O3/c1-19(2)11-5-10-18-16(20)13-8-3-6-12-7-4-9-14(15(12)13)17(21)22/h3-4,6-9H,5,10-11H2,1-2H3,(H,18,20)(H,21,22). The summed E-state index contributed by atoms with van der Waals surface area (Å²) in [6, 6.07) is 10.3. The maximum Gasteiger partial charge on any atom is 0.336 e. The van der Waals surface area contributed by atoms with E-state index in [1.54, 1.807) is 18.2 Å². The minimum Gasteiger partial charge on any atom is -0.478 e. The van der Waals surface area contributed by atoms with Crippen LogP contribution in [0.2, 0.25) is 0 Å². The summed E-state index contributed by atoms with van der Waals surface area (Å²) in [5.41, 5.74) is 0.553. The summed E-state index contributed by atoms with van der Waals surface area (Å²) >= 11 is 0. The van der Waals surface area contributed by atoms with Crippen LogP contribution in [0, 0.1) is 0 Å². The molecule has 116 valence electrons. The van der Waals surface area contributed by atoms with Gasteiger partial charge in [-0.3, -0.25) is 4.79 Å². The molecule has 2 aromatic carbocycles. The molecule has 0 fully saturated rings. The number of benzene rings is 2. The number of carboxylic acids is 1. The van der Waals surface area contributed by atoms with Crippen molar-refractivity contribution in [3.05, 3.63) is 47.5 Å². The zero-order chi connectivity index (χ0) is 16.1. The third-order valence-electron chi connectivity index (χ3n) is 3.45. The third kappa shape index (κ3) is 3.62. The van der Waals surface area contributed by atoms with Gasteiger partial charge in [-0.15, -0.1) is 0 Å². The zero-order valence-electron chi connectivity index (χ0n) is 12.8. The van der Waals surface area contributed by atoms with Crippen LogP contribution in [0.4, 0.5) is 0 Å². The van der Waals surface area contributed by atoms with Gasteiger partial charge in [0, 0.05) is 17.5 Å². The van der Waals surface area contributed by atoms with Gasteiger partial charge in [-0.1, -0.05) is 24.3 Å². The topological polar surface area (TPSA) is 69.6 Å². The molecule has 1 amide bonds. The second-order valence-corrected chi connectivity index (χ2v) is 5.43. The molecule has 0 spiro atoms. The third-order valence-corrected chi connectivity index (χ3v) is 3.45. The van der Waals surface area contributed by atoms with Crippen molar-refractivity contribution in [1.29, 1.82) is 0 Å². The highest BCUT2D eigenvalue weighted by Gasteiger charge is 2.15. The number of nitrogens with zero attached hydrogens (tertiary/aromatic N) is 1. The Labute approximate surface area is 129 Å². The number of hydrogen-bond donors (Lipinski definition) is 2. The van der Waals surface area contributed by atoms with Gasteiger partial charge in [-0.05, 0) is 44.6 Å².